The van der Waals surface area contributed by atoms with Gasteiger partial charge in [0.1, 0.15) is 0 Å². The first-order valence-electron chi connectivity index (χ1n) is 25.0. The summed E-state index contributed by atoms with van der Waals surface area (Å²) in [5.74, 6) is 0. The van der Waals surface area contributed by atoms with Gasteiger partial charge in [0.2, 0.25) is 0 Å². The van der Waals surface area contributed by atoms with Gasteiger partial charge in [-0.3, -0.25) is 4.39 Å². The van der Waals surface area contributed by atoms with Crippen molar-refractivity contribution in [1.29, 1.82) is 0 Å². The first kappa shape index (κ1) is 86.3. The van der Waals surface area contributed by atoms with Crippen LogP contribution in [0.25, 0.3) is 0 Å². The molecule has 0 aliphatic carbocycles. The molecule has 393 valence electrons. The molecule has 0 amide bonds. The molecule has 4 rings (SSSR count). The molecule has 0 unspecified atom stereocenters. The fraction of sp³-hybridized carbons (Fsp3) is 0.660. The molecule has 0 bridgehead atoms. The molecular weight excluding hydrogens is 1370 g/mol. The molecule has 0 spiro atoms. The average molecular weight is 1460 g/mol. The van der Waals surface area contributed by atoms with Crippen LogP contribution in [0.2, 0.25) is 0 Å². The first-order chi connectivity index (χ1) is 32.0. The molecule has 16 heteroatoms. The van der Waals surface area contributed by atoms with Gasteiger partial charge in [0.25, 0.3) is 0 Å². The smallest absolute Gasteiger partial charge is 1.00 e. The van der Waals surface area contributed by atoms with Crippen LogP contribution in [0, 0.1) is 20.3 Å². The zero-order valence-corrected chi connectivity index (χ0v) is 60.4. The van der Waals surface area contributed by atoms with Crippen LogP contribution >= 0.6 is 122 Å². The summed E-state index contributed by atoms with van der Waals surface area (Å²) >= 11 is 24.4. The maximum Gasteiger partial charge on any atom is 2.00 e. The third-order valence-corrected chi connectivity index (χ3v) is 16.0. The summed E-state index contributed by atoms with van der Waals surface area (Å²) < 4.78 is 23.2. The molecule has 0 fully saturated rings. The van der Waals surface area contributed by atoms with Crippen molar-refractivity contribution in [3.05, 3.63) is 96.5 Å². The van der Waals surface area contributed by atoms with Gasteiger partial charge < -0.3 is 47.3 Å². The van der Waals surface area contributed by atoms with Crippen LogP contribution in [0.1, 0.15) is 219 Å². The van der Waals surface area contributed by atoms with E-state index in [1.165, 1.54) is 204 Å². The minimum atomic E-state index is -1.00. The monoisotopic (exact) mass is 1450 g/mol. The Balaban J connectivity index is -0.000000111. The quantitative estimate of drug-likeness (QED) is 0.0278. The van der Waals surface area contributed by atoms with Crippen molar-refractivity contribution in [3.63, 3.8) is 0 Å². The second kappa shape index (κ2) is 75.6. The van der Waals surface area contributed by atoms with E-state index < -0.39 is 7.15 Å². The van der Waals surface area contributed by atoms with Gasteiger partial charge in [0.15, 0.2) is 0 Å². The van der Waals surface area contributed by atoms with Crippen molar-refractivity contribution in [2.75, 3.05) is 7.15 Å². The van der Waals surface area contributed by atoms with Crippen LogP contribution < -0.4 is 34.0 Å². The van der Waals surface area contributed by atoms with E-state index >= 15 is 0 Å². The van der Waals surface area contributed by atoms with E-state index in [0.717, 1.165) is 6.42 Å². The number of aryl methyl sites for hydroxylation is 4. The van der Waals surface area contributed by atoms with Gasteiger partial charge in [-0.05, 0) is 166 Å². The zero-order valence-electron chi connectivity index (χ0n) is 44.9. The molecule has 4 aromatic heterocycles. The Morgan fingerprint density at radius 1 is 0.623 bits per heavy atom. The maximum absolute atomic E-state index is 9.96. The van der Waals surface area contributed by atoms with Crippen LogP contribution in [0.4, 0.5) is 4.39 Å². The molecular formula is C53H90BBr6FMg2NS5. The summed E-state index contributed by atoms with van der Waals surface area (Å²) in [5, 5.41) is 8.52. The number of alkyl halides is 1. The fourth-order valence-electron chi connectivity index (χ4n) is 6.02. The van der Waals surface area contributed by atoms with E-state index in [1.54, 1.807) is 22.7 Å². The predicted molar refractivity (Wildman–Crippen MR) is 334 cm³/mol. The summed E-state index contributed by atoms with van der Waals surface area (Å²) in [6.45, 7) is 19.0. The average Bonchev–Trinajstić information content (AvgIpc) is 4.12. The zero-order chi connectivity index (χ0) is 50.3. The molecule has 0 N–H and O–H groups in total. The summed E-state index contributed by atoms with van der Waals surface area (Å²) in [6, 6.07) is 8.82. The Morgan fingerprint density at radius 2 is 0.971 bits per heavy atom. The Morgan fingerprint density at radius 3 is 1.26 bits per heavy atom. The van der Waals surface area contributed by atoms with Gasteiger partial charge in [-0.25, -0.2) is 0 Å². The number of nitrogens with zero attached hydrogens (tertiary/aromatic N) is 1. The van der Waals surface area contributed by atoms with Crippen molar-refractivity contribution < 1.29 is 39.7 Å². The molecule has 0 aliphatic rings. The van der Waals surface area contributed by atoms with Crippen molar-refractivity contribution in [2.45, 2.75) is 222 Å². The topological polar surface area (TPSA) is 12.4 Å². The molecule has 69 heavy (non-hydrogen) atoms. The van der Waals surface area contributed by atoms with E-state index in [0.29, 0.717) is 0 Å². The van der Waals surface area contributed by atoms with Gasteiger partial charge in [-0.2, -0.15) is 42.9 Å². The Kier molecular flexibility index (Phi) is 94.5. The Labute approximate surface area is 538 Å². The molecule has 0 aromatic carbocycles. The number of thiophene rings is 4. The standard InChI is InChI=1S/C13H21BrS.C12H18Br2S.C12H20S.C8H17.C4H3BrS.C3H7.CH3F.BHNS.2BrH.2Mg/c1-3-4-5-6-7-8-9-12-10-11(2)15-13(12)14;1-2-3-4-5-6-7-8-10-9-11(13)15-12(10)14;1-2-3-4-5-6-7-8-12-9-10-13-11-12;1-3-5-7-8-6-4-2;5-4-1-2-6-3-4;1-3-2;1-2;1-2-3;;;;/h10H,3-9H2,1-2H3;9H,2-8H2,1H3;9-11H,2-8H2,1H3;1,3-8H2,2H3;1-3H;3H,1-2H3;1H3;3H;2*1H;;/q;;;-1;;-1;;;;;2*+2/p-2/i;;;;;;1D;;;;;. The number of halogens is 7. The van der Waals surface area contributed by atoms with E-state index in [1.807, 2.05) is 59.8 Å². The number of unbranched alkanes of at least 4 members (excludes halogenated alkanes) is 20. The van der Waals surface area contributed by atoms with Crippen LogP contribution in [0.5, 0.6) is 0 Å². The summed E-state index contributed by atoms with van der Waals surface area (Å²) in [7, 11) is 3.34. The Hall–Kier alpha value is 3.36. The van der Waals surface area contributed by atoms with Crippen molar-refractivity contribution >= 4 is 176 Å². The van der Waals surface area contributed by atoms with E-state index in [2.05, 4.69) is 159 Å². The minimum absolute atomic E-state index is 0. The third-order valence-electron chi connectivity index (χ3n) is 9.45. The van der Waals surface area contributed by atoms with Crippen LogP contribution in [0.3, 0.4) is 0 Å². The first-order valence-corrected chi connectivity index (χ1v) is 31.4. The molecule has 0 aliphatic heterocycles. The summed E-state index contributed by atoms with van der Waals surface area (Å²) in [6.07, 6.45) is 38.7. The Bertz CT molecular complexity index is 1410. The van der Waals surface area contributed by atoms with Gasteiger partial charge in [-0.15, -0.1) is 22.7 Å². The third kappa shape index (κ3) is 69.3. The molecule has 4 aromatic rings. The molecule has 4 heterocycles. The molecule has 1 radical (unpaired) electrons. The van der Waals surface area contributed by atoms with Crippen LogP contribution in [-0.2, 0) is 19.3 Å². The fourth-order valence-corrected chi connectivity index (χ4v) is 12.6. The van der Waals surface area contributed by atoms with Crippen LogP contribution in [-0.4, -0.2) is 60.9 Å². The minimum Gasteiger partial charge on any atom is -1.00 e. The summed E-state index contributed by atoms with van der Waals surface area (Å²) in [4.78, 5) is 1.42. The number of rotatable bonds is 26. The second-order valence-electron chi connectivity index (χ2n) is 15.6. The van der Waals surface area contributed by atoms with Gasteiger partial charge in [0.05, 0.1) is 19.9 Å². The maximum atomic E-state index is 9.96. The van der Waals surface area contributed by atoms with Gasteiger partial charge >= 0.3 is 70.9 Å². The number of hydrogen-bond donors (Lipinski definition) is 1. The second-order valence-corrected chi connectivity index (χ2v) is 24.6. The van der Waals surface area contributed by atoms with Crippen molar-refractivity contribution in [2.24, 2.45) is 4.30 Å². The largest absolute Gasteiger partial charge is 2.00 e. The number of hydrogen-bond acceptors (Lipinski definition) is 6. The van der Waals surface area contributed by atoms with Crippen LogP contribution in [0.15, 0.2) is 65.9 Å². The SMILES string of the molecule is Brc1ccsc1.CCCCCCCCc1cc(Br)sc1Br.CCCCCCCCc1cc(C)sc1Br.CCCCCCCCc1ccsc1.C[CH-]C.[2H]CF.[B]=NS.[Br-].[Br-].[CH2-]CCCCCCC.[Mg+2].[Mg+2]. The molecule has 0 saturated heterocycles. The molecule has 0 saturated carbocycles. The normalized spacial score (nSPS) is 9.32. The molecule has 1 nitrogen and oxygen atoms in total. The van der Waals surface area contributed by atoms with Gasteiger partial charge in [0, 0.05) is 14.7 Å². The van der Waals surface area contributed by atoms with Crippen molar-refractivity contribution in [1.82, 2.24) is 0 Å². The summed E-state index contributed by atoms with van der Waals surface area (Å²) in [5.41, 5.74) is 4.50. The van der Waals surface area contributed by atoms with Crippen molar-refractivity contribution in [3.8, 4) is 0 Å². The number of thiol groups is 1. The van der Waals surface area contributed by atoms with E-state index in [-0.39, 0.29) is 80.1 Å². The van der Waals surface area contributed by atoms with Gasteiger partial charge in [-0.1, -0.05) is 156 Å². The predicted octanol–water partition coefficient (Wildman–Crippen LogP) is 17.5. The molecule has 0 atom stereocenters. The van der Waals surface area contributed by atoms with E-state index in [9.17, 15) is 4.39 Å². The van der Waals surface area contributed by atoms with E-state index in [4.69, 9.17) is 1.37 Å².